The third-order valence-electron chi connectivity index (χ3n) is 4.30. The summed E-state index contributed by atoms with van der Waals surface area (Å²) in [5, 5.41) is 7.32. The number of nitrogens with zero attached hydrogens (tertiary/aromatic N) is 2. The van der Waals surface area contributed by atoms with Gasteiger partial charge in [0, 0.05) is 12.7 Å². The number of para-hydroxylation sites is 1. The van der Waals surface area contributed by atoms with Crippen LogP contribution in [0.5, 0.6) is 0 Å². The average Bonchev–Trinajstić information content (AvgIpc) is 3.18. The molecule has 23 heavy (non-hydrogen) atoms. The van der Waals surface area contributed by atoms with E-state index in [0.29, 0.717) is 6.54 Å². The molecular formula is C17H23ClN4O. The minimum atomic E-state index is -0.645. The number of carbonyl (C=O) groups excluding carboxylic acids is 1. The van der Waals surface area contributed by atoms with Crippen LogP contribution in [0.15, 0.2) is 42.7 Å². The van der Waals surface area contributed by atoms with Gasteiger partial charge in [0.05, 0.1) is 17.4 Å². The maximum atomic E-state index is 12.1. The lowest BCUT2D eigenvalue weighted by molar-refractivity contribution is -0.126. The molecule has 0 radical (unpaired) electrons. The summed E-state index contributed by atoms with van der Waals surface area (Å²) in [4.78, 5) is 12.1. The van der Waals surface area contributed by atoms with Gasteiger partial charge in [0.25, 0.3) is 0 Å². The van der Waals surface area contributed by atoms with Gasteiger partial charge in [-0.25, -0.2) is 4.68 Å². The van der Waals surface area contributed by atoms with Gasteiger partial charge in [0.15, 0.2) is 0 Å². The van der Waals surface area contributed by atoms with Gasteiger partial charge in [-0.3, -0.25) is 4.79 Å². The molecule has 5 nitrogen and oxygen atoms in total. The highest BCUT2D eigenvalue weighted by Crippen LogP contribution is 2.27. The molecule has 1 aromatic heterocycles. The Morgan fingerprint density at radius 3 is 2.65 bits per heavy atom. The lowest BCUT2D eigenvalue weighted by atomic mass is 9.98. The van der Waals surface area contributed by atoms with Crippen molar-refractivity contribution in [3.8, 4) is 5.69 Å². The number of hydrogen-bond donors (Lipinski definition) is 2. The van der Waals surface area contributed by atoms with Crippen LogP contribution in [0, 0.1) is 0 Å². The Morgan fingerprint density at radius 1 is 1.26 bits per heavy atom. The minimum absolute atomic E-state index is 0. The van der Waals surface area contributed by atoms with E-state index in [9.17, 15) is 4.79 Å². The smallest absolute Gasteiger partial charge is 0.240 e. The zero-order chi connectivity index (χ0) is 15.4. The van der Waals surface area contributed by atoms with Crippen molar-refractivity contribution in [3.05, 3.63) is 48.3 Å². The number of benzene rings is 1. The number of nitrogens with one attached hydrogen (secondary N) is 1. The molecule has 3 N–H and O–H groups in total. The van der Waals surface area contributed by atoms with Crippen molar-refractivity contribution in [1.82, 2.24) is 15.1 Å². The monoisotopic (exact) mass is 334 g/mol. The van der Waals surface area contributed by atoms with E-state index in [4.69, 9.17) is 5.73 Å². The first-order valence-corrected chi connectivity index (χ1v) is 7.84. The molecule has 1 aliphatic rings. The summed E-state index contributed by atoms with van der Waals surface area (Å²) in [7, 11) is 0. The number of aromatic nitrogens is 2. The first-order valence-electron chi connectivity index (χ1n) is 7.84. The summed E-state index contributed by atoms with van der Waals surface area (Å²) in [5.41, 5.74) is 7.62. The Kier molecular flexibility index (Phi) is 5.80. The van der Waals surface area contributed by atoms with Crippen LogP contribution < -0.4 is 11.1 Å². The fraction of sp³-hybridized carbons (Fsp3) is 0.412. The molecular weight excluding hydrogens is 312 g/mol. The molecule has 0 atom stereocenters. The molecule has 0 aliphatic heterocycles. The van der Waals surface area contributed by atoms with Gasteiger partial charge >= 0.3 is 0 Å². The quantitative estimate of drug-likeness (QED) is 0.880. The first-order chi connectivity index (χ1) is 10.7. The SMILES string of the molecule is Cl.NC1(C(=O)NCCc2cnn(-c3ccccc3)c2)CCCC1. The van der Waals surface area contributed by atoms with Gasteiger partial charge < -0.3 is 11.1 Å². The molecule has 0 bridgehead atoms. The van der Waals surface area contributed by atoms with Crippen LogP contribution in [0.3, 0.4) is 0 Å². The summed E-state index contributed by atoms with van der Waals surface area (Å²) < 4.78 is 1.85. The second-order valence-corrected chi connectivity index (χ2v) is 6.00. The van der Waals surface area contributed by atoms with Crippen LogP contribution in [-0.2, 0) is 11.2 Å². The zero-order valence-corrected chi connectivity index (χ0v) is 13.9. The zero-order valence-electron chi connectivity index (χ0n) is 13.1. The van der Waals surface area contributed by atoms with E-state index in [-0.39, 0.29) is 18.3 Å². The van der Waals surface area contributed by atoms with Crippen LogP contribution in [-0.4, -0.2) is 27.8 Å². The molecule has 1 amide bonds. The predicted octanol–water partition coefficient (Wildman–Crippen LogP) is 2.22. The second kappa shape index (κ2) is 7.62. The number of halogens is 1. The Hall–Kier alpha value is -1.85. The highest BCUT2D eigenvalue weighted by molar-refractivity contribution is 5.86. The van der Waals surface area contributed by atoms with E-state index in [2.05, 4.69) is 10.4 Å². The third-order valence-corrected chi connectivity index (χ3v) is 4.30. The largest absolute Gasteiger partial charge is 0.354 e. The summed E-state index contributed by atoms with van der Waals surface area (Å²) in [6.07, 6.45) is 8.29. The molecule has 0 unspecified atom stereocenters. The van der Waals surface area contributed by atoms with Gasteiger partial charge in [-0.2, -0.15) is 5.10 Å². The lowest BCUT2D eigenvalue weighted by Gasteiger charge is -2.22. The summed E-state index contributed by atoms with van der Waals surface area (Å²) >= 11 is 0. The fourth-order valence-electron chi connectivity index (χ4n) is 2.94. The van der Waals surface area contributed by atoms with Gasteiger partial charge in [-0.05, 0) is 37.0 Å². The molecule has 3 rings (SSSR count). The van der Waals surface area contributed by atoms with Crippen molar-refractivity contribution in [2.75, 3.05) is 6.54 Å². The van der Waals surface area contributed by atoms with Crippen molar-refractivity contribution in [1.29, 1.82) is 0 Å². The van der Waals surface area contributed by atoms with E-state index in [1.54, 1.807) is 0 Å². The number of carbonyl (C=O) groups is 1. The molecule has 1 saturated carbocycles. The van der Waals surface area contributed by atoms with Crippen LogP contribution in [0.25, 0.3) is 5.69 Å². The highest BCUT2D eigenvalue weighted by atomic mass is 35.5. The van der Waals surface area contributed by atoms with Gasteiger partial charge in [0.1, 0.15) is 0 Å². The molecule has 1 aliphatic carbocycles. The molecule has 0 saturated heterocycles. The molecule has 6 heteroatoms. The summed E-state index contributed by atoms with van der Waals surface area (Å²) in [6, 6.07) is 9.97. The second-order valence-electron chi connectivity index (χ2n) is 6.00. The molecule has 2 aromatic rings. The van der Waals surface area contributed by atoms with Crippen molar-refractivity contribution in [3.63, 3.8) is 0 Å². The third kappa shape index (κ3) is 4.12. The molecule has 1 fully saturated rings. The molecule has 1 aromatic carbocycles. The van der Waals surface area contributed by atoms with E-state index in [0.717, 1.165) is 43.4 Å². The van der Waals surface area contributed by atoms with E-state index < -0.39 is 5.54 Å². The van der Waals surface area contributed by atoms with Crippen molar-refractivity contribution < 1.29 is 4.79 Å². The van der Waals surface area contributed by atoms with Crippen LogP contribution >= 0.6 is 12.4 Å². The Balaban J connectivity index is 0.00000192. The Labute approximate surface area is 142 Å². The van der Waals surface area contributed by atoms with E-state index >= 15 is 0 Å². The molecule has 124 valence electrons. The van der Waals surface area contributed by atoms with Crippen molar-refractivity contribution >= 4 is 18.3 Å². The van der Waals surface area contributed by atoms with Gasteiger partial charge in [-0.1, -0.05) is 31.0 Å². The topological polar surface area (TPSA) is 72.9 Å². The standard InChI is InChI=1S/C17H22N4O.ClH/c18-17(9-4-5-10-17)16(22)19-11-8-14-12-20-21(13-14)15-6-2-1-3-7-15;/h1-3,6-7,12-13H,4-5,8-11,18H2,(H,19,22);1H. The van der Waals surface area contributed by atoms with Crippen LogP contribution in [0.2, 0.25) is 0 Å². The number of nitrogens with two attached hydrogens (primary N) is 1. The van der Waals surface area contributed by atoms with Crippen LogP contribution in [0.1, 0.15) is 31.2 Å². The molecule has 1 heterocycles. The maximum absolute atomic E-state index is 12.1. The van der Waals surface area contributed by atoms with E-state index in [1.165, 1.54) is 0 Å². The number of rotatable bonds is 5. The van der Waals surface area contributed by atoms with Gasteiger partial charge in [-0.15, -0.1) is 12.4 Å². The Morgan fingerprint density at radius 2 is 1.96 bits per heavy atom. The normalized spacial score (nSPS) is 15.9. The van der Waals surface area contributed by atoms with Gasteiger partial charge in [0.2, 0.25) is 5.91 Å². The first kappa shape index (κ1) is 17.5. The number of hydrogen-bond acceptors (Lipinski definition) is 3. The minimum Gasteiger partial charge on any atom is -0.354 e. The summed E-state index contributed by atoms with van der Waals surface area (Å²) in [6.45, 7) is 0.596. The maximum Gasteiger partial charge on any atom is 0.240 e. The van der Waals surface area contributed by atoms with E-state index in [1.807, 2.05) is 47.4 Å². The van der Waals surface area contributed by atoms with Crippen LogP contribution in [0.4, 0.5) is 0 Å². The fourth-order valence-corrected chi connectivity index (χ4v) is 2.94. The lowest BCUT2D eigenvalue weighted by Crippen LogP contribution is -2.52. The van der Waals surface area contributed by atoms with Crippen molar-refractivity contribution in [2.24, 2.45) is 5.73 Å². The van der Waals surface area contributed by atoms with Crippen molar-refractivity contribution in [2.45, 2.75) is 37.6 Å². The number of amides is 1. The Bertz CT molecular complexity index is 635. The predicted molar refractivity (Wildman–Crippen MR) is 92.9 cm³/mol. The summed E-state index contributed by atoms with van der Waals surface area (Å²) in [5.74, 6) is -0.0135. The molecule has 0 spiro atoms. The average molecular weight is 335 g/mol. The highest BCUT2D eigenvalue weighted by Gasteiger charge is 2.36.